The Bertz CT molecular complexity index is 386. The Morgan fingerprint density at radius 2 is 1.95 bits per heavy atom. The molecule has 1 aromatic carbocycles. The number of nitrogens with one attached hydrogen (secondary N) is 1. The van der Waals surface area contributed by atoms with Crippen molar-refractivity contribution in [2.75, 3.05) is 26.2 Å². The van der Waals surface area contributed by atoms with Crippen LogP contribution in [0.1, 0.15) is 38.7 Å². The number of benzene rings is 1. The van der Waals surface area contributed by atoms with Crippen molar-refractivity contribution in [1.29, 1.82) is 0 Å². The van der Waals surface area contributed by atoms with Gasteiger partial charge in [0.25, 0.3) is 0 Å². The molecule has 1 aliphatic rings. The highest BCUT2D eigenvalue weighted by Gasteiger charge is 2.10. The number of likely N-dealkylation sites (tertiary alicyclic amines) is 1. The number of rotatable bonds is 8. The molecule has 0 unspecified atom stereocenters. The predicted molar refractivity (Wildman–Crippen MR) is 84.2 cm³/mol. The van der Waals surface area contributed by atoms with Crippen LogP contribution in [-0.4, -0.2) is 37.2 Å². The highest BCUT2D eigenvalue weighted by molar-refractivity contribution is 5.33. The largest absolute Gasteiger partial charge is 0.493 e. The van der Waals surface area contributed by atoms with Crippen LogP contribution in [0.4, 0.5) is 0 Å². The smallest absolute Gasteiger partial charge is 0.123 e. The van der Waals surface area contributed by atoms with E-state index in [4.69, 9.17) is 4.74 Å². The van der Waals surface area contributed by atoms with Gasteiger partial charge in [0, 0.05) is 24.7 Å². The number of hydrogen-bond donors (Lipinski definition) is 1. The zero-order valence-electron chi connectivity index (χ0n) is 12.9. The lowest BCUT2D eigenvalue weighted by atomic mass is 10.2. The van der Waals surface area contributed by atoms with Gasteiger partial charge < -0.3 is 15.0 Å². The molecule has 20 heavy (non-hydrogen) atoms. The van der Waals surface area contributed by atoms with E-state index in [1.54, 1.807) is 0 Å². The number of hydrogen-bond acceptors (Lipinski definition) is 3. The van der Waals surface area contributed by atoms with Crippen LogP contribution in [0.2, 0.25) is 0 Å². The Kier molecular flexibility index (Phi) is 6.34. The maximum Gasteiger partial charge on any atom is 0.123 e. The van der Waals surface area contributed by atoms with Crippen LogP contribution < -0.4 is 10.1 Å². The van der Waals surface area contributed by atoms with Gasteiger partial charge in [-0.25, -0.2) is 0 Å². The molecule has 1 aromatic rings. The van der Waals surface area contributed by atoms with Crippen molar-refractivity contribution in [2.45, 2.75) is 45.7 Å². The molecule has 3 nitrogen and oxygen atoms in total. The first-order valence-corrected chi connectivity index (χ1v) is 7.92. The summed E-state index contributed by atoms with van der Waals surface area (Å²) in [6.45, 7) is 9.74. The molecule has 1 aliphatic heterocycles. The third-order valence-corrected chi connectivity index (χ3v) is 3.75. The van der Waals surface area contributed by atoms with E-state index in [2.05, 4.69) is 48.3 Å². The van der Waals surface area contributed by atoms with Gasteiger partial charge in [0.2, 0.25) is 0 Å². The van der Waals surface area contributed by atoms with E-state index in [0.29, 0.717) is 6.04 Å². The number of nitrogens with zero attached hydrogens (tertiary/aromatic N) is 1. The minimum Gasteiger partial charge on any atom is -0.493 e. The lowest BCUT2D eigenvalue weighted by Gasteiger charge is -2.16. The van der Waals surface area contributed by atoms with E-state index < -0.39 is 0 Å². The molecule has 0 radical (unpaired) electrons. The quantitative estimate of drug-likeness (QED) is 0.739. The fourth-order valence-electron chi connectivity index (χ4n) is 2.58. The first kappa shape index (κ1) is 15.3. The van der Waals surface area contributed by atoms with Gasteiger partial charge in [-0.3, -0.25) is 0 Å². The third kappa shape index (κ3) is 5.14. The Hall–Kier alpha value is -1.06. The predicted octanol–water partition coefficient (Wildman–Crippen LogP) is 3.05. The molecule has 0 aliphatic carbocycles. The van der Waals surface area contributed by atoms with Crippen molar-refractivity contribution in [3.05, 3.63) is 29.8 Å². The summed E-state index contributed by atoms with van der Waals surface area (Å²) < 4.78 is 5.96. The van der Waals surface area contributed by atoms with Crippen LogP contribution in [0.25, 0.3) is 0 Å². The Balaban J connectivity index is 1.73. The summed E-state index contributed by atoms with van der Waals surface area (Å²) in [5.74, 6) is 1.03. The molecule has 0 amide bonds. The number of ether oxygens (including phenoxy) is 1. The zero-order valence-corrected chi connectivity index (χ0v) is 12.9. The molecular formula is C17H28N2O. The molecule has 0 atom stereocenters. The van der Waals surface area contributed by atoms with Crippen molar-refractivity contribution in [3.8, 4) is 5.75 Å². The summed E-state index contributed by atoms with van der Waals surface area (Å²) in [7, 11) is 0. The lowest BCUT2D eigenvalue weighted by Crippen LogP contribution is -2.23. The van der Waals surface area contributed by atoms with E-state index in [-0.39, 0.29) is 0 Å². The van der Waals surface area contributed by atoms with Crippen molar-refractivity contribution in [1.82, 2.24) is 10.2 Å². The lowest BCUT2D eigenvalue weighted by molar-refractivity contribution is 0.261. The van der Waals surface area contributed by atoms with E-state index in [1.165, 1.54) is 38.0 Å². The van der Waals surface area contributed by atoms with Gasteiger partial charge in [-0.1, -0.05) is 32.0 Å². The summed E-state index contributed by atoms with van der Waals surface area (Å²) in [6, 6.07) is 8.85. The molecular weight excluding hydrogens is 248 g/mol. The average molecular weight is 276 g/mol. The van der Waals surface area contributed by atoms with Gasteiger partial charge in [0.05, 0.1) is 6.61 Å². The molecule has 0 saturated carbocycles. The van der Waals surface area contributed by atoms with E-state index in [1.807, 2.05) is 0 Å². The molecule has 0 spiro atoms. The SMILES string of the molecule is CC(C)NCc1ccccc1OCCCN1CCCC1. The summed E-state index contributed by atoms with van der Waals surface area (Å²) in [6.07, 6.45) is 3.85. The minimum atomic E-state index is 0.498. The fraction of sp³-hybridized carbons (Fsp3) is 0.647. The van der Waals surface area contributed by atoms with Gasteiger partial charge in [-0.05, 0) is 38.4 Å². The van der Waals surface area contributed by atoms with E-state index in [0.717, 1.165) is 25.3 Å². The maximum absolute atomic E-state index is 5.96. The Morgan fingerprint density at radius 1 is 1.20 bits per heavy atom. The van der Waals surface area contributed by atoms with Crippen LogP contribution in [0, 0.1) is 0 Å². The fourth-order valence-corrected chi connectivity index (χ4v) is 2.58. The zero-order chi connectivity index (χ0) is 14.2. The highest BCUT2D eigenvalue weighted by Crippen LogP contribution is 2.18. The summed E-state index contributed by atoms with van der Waals surface area (Å²) in [5, 5.41) is 3.45. The molecule has 3 heteroatoms. The van der Waals surface area contributed by atoms with Crippen LogP contribution in [0.3, 0.4) is 0 Å². The van der Waals surface area contributed by atoms with Gasteiger partial charge in [-0.15, -0.1) is 0 Å². The standard InChI is InChI=1S/C17H28N2O/c1-15(2)18-14-16-8-3-4-9-17(16)20-13-7-12-19-10-5-6-11-19/h3-4,8-9,15,18H,5-7,10-14H2,1-2H3. The highest BCUT2D eigenvalue weighted by atomic mass is 16.5. The monoisotopic (exact) mass is 276 g/mol. The summed E-state index contributed by atoms with van der Waals surface area (Å²) in [4.78, 5) is 2.54. The van der Waals surface area contributed by atoms with Gasteiger partial charge >= 0.3 is 0 Å². The topological polar surface area (TPSA) is 24.5 Å². The molecule has 1 saturated heterocycles. The van der Waals surface area contributed by atoms with Crippen molar-refractivity contribution >= 4 is 0 Å². The molecule has 2 rings (SSSR count). The summed E-state index contributed by atoms with van der Waals surface area (Å²) >= 11 is 0. The molecule has 112 valence electrons. The van der Waals surface area contributed by atoms with E-state index >= 15 is 0 Å². The number of para-hydroxylation sites is 1. The van der Waals surface area contributed by atoms with Crippen LogP contribution >= 0.6 is 0 Å². The van der Waals surface area contributed by atoms with Crippen LogP contribution in [0.5, 0.6) is 5.75 Å². The molecule has 0 bridgehead atoms. The second-order valence-corrected chi connectivity index (χ2v) is 5.89. The van der Waals surface area contributed by atoms with Gasteiger partial charge in [-0.2, -0.15) is 0 Å². The molecule has 1 fully saturated rings. The summed E-state index contributed by atoms with van der Waals surface area (Å²) in [5.41, 5.74) is 1.25. The third-order valence-electron chi connectivity index (χ3n) is 3.75. The van der Waals surface area contributed by atoms with Gasteiger partial charge in [0.15, 0.2) is 0 Å². The minimum absolute atomic E-state index is 0.498. The second kappa shape index (κ2) is 8.28. The van der Waals surface area contributed by atoms with Crippen molar-refractivity contribution in [3.63, 3.8) is 0 Å². The van der Waals surface area contributed by atoms with Gasteiger partial charge in [0.1, 0.15) is 5.75 Å². The van der Waals surface area contributed by atoms with Crippen LogP contribution in [0.15, 0.2) is 24.3 Å². The first-order chi connectivity index (χ1) is 9.75. The second-order valence-electron chi connectivity index (χ2n) is 5.89. The Labute approximate surface area is 123 Å². The molecule has 1 heterocycles. The Morgan fingerprint density at radius 3 is 2.70 bits per heavy atom. The average Bonchev–Trinajstić information content (AvgIpc) is 2.95. The maximum atomic E-state index is 5.96. The van der Waals surface area contributed by atoms with Crippen LogP contribution in [-0.2, 0) is 6.54 Å². The van der Waals surface area contributed by atoms with E-state index in [9.17, 15) is 0 Å². The van der Waals surface area contributed by atoms with Crippen molar-refractivity contribution in [2.24, 2.45) is 0 Å². The molecule has 0 aromatic heterocycles. The van der Waals surface area contributed by atoms with Crippen molar-refractivity contribution < 1.29 is 4.74 Å². The normalized spacial score (nSPS) is 15.9. The molecule has 1 N–H and O–H groups in total. The first-order valence-electron chi connectivity index (χ1n) is 7.92.